The molecular weight excluding hydrogens is 336 g/mol. The summed E-state index contributed by atoms with van der Waals surface area (Å²) < 4.78 is 5.89. The molecule has 1 unspecified atom stereocenters. The van der Waals surface area contributed by atoms with Crippen molar-refractivity contribution in [1.29, 1.82) is 0 Å². The minimum absolute atomic E-state index is 0.714. The maximum absolute atomic E-state index is 5.89. The van der Waals surface area contributed by atoms with Crippen molar-refractivity contribution in [2.75, 3.05) is 52.4 Å². The lowest BCUT2D eigenvalue weighted by Crippen LogP contribution is -2.40. The Labute approximate surface area is 164 Å². The molecule has 150 valence electrons. The van der Waals surface area contributed by atoms with Crippen molar-refractivity contribution < 1.29 is 4.74 Å². The summed E-state index contributed by atoms with van der Waals surface area (Å²) in [5, 5.41) is 3.48. The summed E-state index contributed by atoms with van der Waals surface area (Å²) in [6.07, 6.45) is 4.99. The Balaban J connectivity index is 1.41. The molecule has 0 bridgehead atoms. The number of benzene rings is 1. The molecule has 5 heteroatoms. The maximum atomic E-state index is 5.89. The van der Waals surface area contributed by atoms with Crippen molar-refractivity contribution in [2.24, 2.45) is 10.9 Å². The van der Waals surface area contributed by atoms with Crippen molar-refractivity contribution >= 4 is 5.96 Å². The number of aliphatic imine (C=N–C) groups is 1. The van der Waals surface area contributed by atoms with Gasteiger partial charge in [-0.1, -0.05) is 18.2 Å². The van der Waals surface area contributed by atoms with Gasteiger partial charge in [-0.3, -0.25) is 4.99 Å². The highest BCUT2D eigenvalue weighted by Crippen LogP contribution is 2.20. The molecule has 1 N–H and O–H groups in total. The molecule has 2 aliphatic rings. The predicted molar refractivity (Wildman–Crippen MR) is 113 cm³/mol. The SMILES string of the molecule is CCNC(=NCCCOc1ccccc1C)N1CCC(CN2CCCC2)C1. The van der Waals surface area contributed by atoms with Gasteiger partial charge in [0.2, 0.25) is 0 Å². The monoisotopic (exact) mass is 372 g/mol. The second-order valence-electron chi connectivity index (χ2n) is 7.81. The normalized spacial score (nSPS) is 21.0. The quantitative estimate of drug-likeness (QED) is 0.432. The van der Waals surface area contributed by atoms with E-state index in [9.17, 15) is 0 Å². The van der Waals surface area contributed by atoms with Crippen molar-refractivity contribution in [1.82, 2.24) is 15.1 Å². The van der Waals surface area contributed by atoms with Crippen LogP contribution in [0.1, 0.15) is 38.2 Å². The van der Waals surface area contributed by atoms with Gasteiger partial charge < -0.3 is 19.9 Å². The summed E-state index contributed by atoms with van der Waals surface area (Å²) in [6, 6.07) is 8.19. The molecule has 2 aliphatic heterocycles. The lowest BCUT2D eigenvalue weighted by Gasteiger charge is -2.23. The van der Waals surface area contributed by atoms with E-state index in [1.54, 1.807) is 0 Å². The van der Waals surface area contributed by atoms with Crippen molar-refractivity contribution in [2.45, 2.75) is 39.5 Å². The fraction of sp³-hybridized carbons (Fsp3) is 0.682. The number of para-hydroxylation sites is 1. The van der Waals surface area contributed by atoms with E-state index in [0.29, 0.717) is 6.61 Å². The van der Waals surface area contributed by atoms with Gasteiger partial charge in [0.05, 0.1) is 6.61 Å². The third-order valence-corrected chi connectivity index (χ3v) is 5.55. The Morgan fingerprint density at radius 3 is 2.81 bits per heavy atom. The Bertz CT molecular complexity index is 598. The van der Waals surface area contributed by atoms with Crippen LogP contribution in [-0.2, 0) is 0 Å². The van der Waals surface area contributed by atoms with E-state index in [2.05, 4.69) is 35.0 Å². The second kappa shape index (κ2) is 10.5. The van der Waals surface area contributed by atoms with Gasteiger partial charge in [-0.15, -0.1) is 0 Å². The van der Waals surface area contributed by atoms with E-state index >= 15 is 0 Å². The van der Waals surface area contributed by atoms with E-state index < -0.39 is 0 Å². The Hall–Kier alpha value is -1.75. The van der Waals surface area contributed by atoms with Crippen LogP contribution in [0.15, 0.2) is 29.3 Å². The summed E-state index contributed by atoms with van der Waals surface area (Å²) in [5.74, 6) is 2.85. The summed E-state index contributed by atoms with van der Waals surface area (Å²) in [6.45, 7) is 12.8. The zero-order chi connectivity index (χ0) is 18.9. The minimum Gasteiger partial charge on any atom is -0.493 e. The number of rotatable bonds is 8. The van der Waals surface area contributed by atoms with Gasteiger partial charge in [0.1, 0.15) is 5.75 Å². The molecular formula is C22H36N4O. The topological polar surface area (TPSA) is 40.1 Å². The van der Waals surface area contributed by atoms with Gasteiger partial charge in [-0.25, -0.2) is 0 Å². The first-order valence-electron chi connectivity index (χ1n) is 10.7. The molecule has 0 amide bonds. The lowest BCUT2D eigenvalue weighted by atomic mass is 10.1. The zero-order valence-corrected chi connectivity index (χ0v) is 17.1. The van der Waals surface area contributed by atoms with Crippen LogP contribution in [0.4, 0.5) is 0 Å². The molecule has 1 aromatic carbocycles. The predicted octanol–water partition coefficient (Wildman–Crippen LogP) is 3.15. The highest BCUT2D eigenvalue weighted by Gasteiger charge is 2.27. The molecule has 3 rings (SSSR count). The van der Waals surface area contributed by atoms with Gasteiger partial charge in [0.25, 0.3) is 0 Å². The van der Waals surface area contributed by atoms with E-state index in [4.69, 9.17) is 9.73 Å². The summed E-state index contributed by atoms with van der Waals surface area (Å²) in [5.41, 5.74) is 1.19. The molecule has 2 saturated heterocycles. The van der Waals surface area contributed by atoms with Crippen molar-refractivity contribution in [3.63, 3.8) is 0 Å². The third-order valence-electron chi connectivity index (χ3n) is 5.55. The van der Waals surface area contributed by atoms with Gasteiger partial charge >= 0.3 is 0 Å². The van der Waals surface area contributed by atoms with E-state index in [0.717, 1.165) is 50.2 Å². The van der Waals surface area contributed by atoms with E-state index in [-0.39, 0.29) is 0 Å². The zero-order valence-electron chi connectivity index (χ0n) is 17.1. The van der Waals surface area contributed by atoms with Crippen LogP contribution in [0.2, 0.25) is 0 Å². The minimum atomic E-state index is 0.714. The number of aryl methyl sites for hydroxylation is 1. The Morgan fingerprint density at radius 1 is 1.22 bits per heavy atom. The highest BCUT2D eigenvalue weighted by atomic mass is 16.5. The first-order valence-corrected chi connectivity index (χ1v) is 10.7. The third kappa shape index (κ3) is 6.13. The average molecular weight is 373 g/mol. The molecule has 2 fully saturated rings. The number of ether oxygens (including phenoxy) is 1. The van der Waals surface area contributed by atoms with Gasteiger partial charge in [-0.05, 0) is 63.7 Å². The van der Waals surface area contributed by atoms with Crippen LogP contribution < -0.4 is 10.1 Å². The van der Waals surface area contributed by atoms with Crippen LogP contribution >= 0.6 is 0 Å². The molecule has 1 aromatic rings. The number of nitrogens with one attached hydrogen (secondary N) is 1. The van der Waals surface area contributed by atoms with E-state index in [1.165, 1.54) is 44.5 Å². The molecule has 0 aliphatic carbocycles. The molecule has 2 heterocycles. The maximum Gasteiger partial charge on any atom is 0.193 e. The second-order valence-corrected chi connectivity index (χ2v) is 7.81. The van der Waals surface area contributed by atoms with Crippen molar-refractivity contribution in [3.05, 3.63) is 29.8 Å². The number of hydrogen-bond acceptors (Lipinski definition) is 3. The van der Waals surface area contributed by atoms with Crippen LogP contribution in [-0.4, -0.2) is 68.2 Å². The molecule has 0 saturated carbocycles. The van der Waals surface area contributed by atoms with Crippen LogP contribution in [0.5, 0.6) is 5.75 Å². The molecule has 0 spiro atoms. The molecule has 0 aromatic heterocycles. The summed E-state index contributed by atoms with van der Waals surface area (Å²) in [4.78, 5) is 9.94. The standard InChI is InChI=1S/C22H36N4O/c1-3-23-22(24-12-8-16-27-21-10-5-4-9-19(21)2)26-15-11-20(18-26)17-25-13-6-7-14-25/h4-5,9-10,20H,3,6-8,11-18H2,1-2H3,(H,23,24). The average Bonchev–Trinajstić information content (AvgIpc) is 3.34. The van der Waals surface area contributed by atoms with Gasteiger partial charge in [-0.2, -0.15) is 0 Å². The van der Waals surface area contributed by atoms with Crippen LogP contribution in [0.25, 0.3) is 0 Å². The number of likely N-dealkylation sites (tertiary alicyclic amines) is 2. The molecule has 5 nitrogen and oxygen atoms in total. The molecule has 0 radical (unpaired) electrons. The van der Waals surface area contributed by atoms with Crippen LogP contribution in [0.3, 0.4) is 0 Å². The highest BCUT2D eigenvalue weighted by molar-refractivity contribution is 5.80. The molecule has 1 atom stereocenters. The van der Waals surface area contributed by atoms with Crippen molar-refractivity contribution in [3.8, 4) is 5.75 Å². The van der Waals surface area contributed by atoms with Gasteiger partial charge in [0, 0.05) is 39.1 Å². The number of guanidine groups is 1. The lowest BCUT2D eigenvalue weighted by molar-refractivity contribution is 0.281. The summed E-state index contributed by atoms with van der Waals surface area (Å²) in [7, 11) is 0. The Kier molecular flexibility index (Phi) is 7.81. The largest absolute Gasteiger partial charge is 0.493 e. The molecule has 27 heavy (non-hydrogen) atoms. The Morgan fingerprint density at radius 2 is 2.04 bits per heavy atom. The fourth-order valence-corrected chi connectivity index (χ4v) is 4.08. The smallest absolute Gasteiger partial charge is 0.193 e. The van der Waals surface area contributed by atoms with E-state index in [1.807, 2.05) is 18.2 Å². The summed E-state index contributed by atoms with van der Waals surface area (Å²) >= 11 is 0. The van der Waals surface area contributed by atoms with Crippen LogP contribution in [0, 0.1) is 12.8 Å². The first kappa shape index (κ1) is 20.0. The number of hydrogen-bond donors (Lipinski definition) is 1. The fourth-order valence-electron chi connectivity index (χ4n) is 4.08. The first-order chi connectivity index (χ1) is 13.3. The van der Waals surface area contributed by atoms with Gasteiger partial charge in [0.15, 0.2) is 5.96 Å². The number of nitrogens with zero attached hydrogens (tertiary/aromatic N) is 3.